The Morgan fingerprint density at radius 1 is 1.39 bits per heavy atom. The lowest BCUT2D eigenvalue weighted by Crippen LogP contribution is -2.18. The van der Waals surface area contributed by atoms with Gasteiger partial charge >= 0.3 is 5.97 Å². The second-order valence-corrected chi connectivity index (χ2v) is 4.15. The number of carbonyl (C=O) groups excluding carboxylic acids is 1. The van der Waals surface area contributed by atoms with E-state index in [0.717, 1.165) is 5.56 Å². The third kappa shape index (κ3) is 5.38. The zero-order valence-corrected chi connectivity index (χ0v) is 11.0. The van der Waals surface area contributed by atoms with Crippen LogP contribution >= 0.6 is 11.6 Å². The number of hydrogen-bond acceptors (Lipinski definition) is 4. The normalized spacial score (nSPS) is 11.9. The summed E-state index contributed by atoms with van der Waals surface area (Å²) in [7, 11) is 1.38. The summed E-state index contributed by atoms with van der Waals surface area (Å²) in [6, 6.07) is 7.36. The Hall–Kier alpha value is -1.26. The number of benzene rings is 1. The smallest absolute Gasteiger partial charge is 0.305 e. The molecule has 0 aliphatic carbocycles. The Labute approximate surface area is 111 Å². The molecule has 1 aromatic rings. The molecule has 1 atom stereocenters. The number of halogens is 1. The van der Waals surface area contributed by atoms with Gasteiger partial charge in [-0.2, -0.15) is 0 Å². The number of esters is 1. The number of hydrogen-bond donors (Lipinski definition) is 1. The quantitative estimate of drug-likeness (QED) is 0.607. The molecule has 100 valence electrons. The number of aliphatic hydroxyl groups excluding tert-OH is 1. The van der Waals surface area contributed by atoms with Gasteiger partial charge in [-0.05, 0) is 24.1 Å². The van der Waals surface area contributed by atoms with Gasteiger partial charge in [0, 0.05) is 6.42 Å². The second kappa shape index (κ2) is 7.95. The SMILES string of the molecule is COC(=O)CCc1ccc(OC[C@@H](O)CCl)cc1. The lowest BCUT2D eigenvalue weighted by molar-refractivity contribution is -0.140. The molecule has 0 saturated heterocycles. The van der Waals surface area contributed by atoms with Crippen LogP contribution in [0.5, 0.6) is 5.75 Å². The first kappa shape index (κ1) is 14.8. The minimum atomic E-state index is -0.661. The summed E-state index contributed by atoms with van der Waals surface area (Å²) in [5.74, 6) is 0.596. The van der Waals surface area contributed by atoms with Crippen LogP contribution in [0.25, 0.3) is 0 Å². The first-order valence-electron chi connectivity index (χ1n) is 5.68. The van der Waals surface area contributed by atoms with Crippen molar-refractivity contribution in [1.29, 1.82) is 0 Å². The molecule has 1 N–H and O–H groups in total. The molecular formula is C13H17ClO4. The molecule has 0 heterocycles. The highest BCUT2D eigenvalue weighted by molar-refractivity contribution is 6.18. The van der Waals surface area contributed by atoms with Crippen molar-refractivity contribution < 1.29 is 19.4 Å². The first-order valence-corrected chi connectivity index (χ1v) is 6.21. The monoisotopic (exact) mass is 272 g/mol. The van der Waals surface area contributed by atoms with E-state index in [1.165, 1.54) is 7.11 Å². The van der Waals surface area contributed by atoms with Gasteiger partial charge in [-0.15, -0.1) is 11.6 Å². The predicted molar refractivity (Wildman–Crippen MR) is 69.0 cm³/mol. The van der Waals surface area contributed by atoms with Crippen LogP contribution in [-0.4, -0.2) is 36.8 Å². The van der Waals surface area contributed by atoms with Crippen molar-refractivity contribution >= 4 is 17.6 Å². The molecule has 0 bridgehead atoms. The van der Waals surface area contributed by atoms with Crippen LogP contribution in [0.3, 0.4) is 0 Å². The van der Waals surface area contributed by atoms with Crippen molar-refractivity contribution in [3.63, 3.8) is 0 Å². The van der Waals surface area contributed by atoms with Crippen LogP contribution in [0.15, 0.2) is 24.3 Å². The molecule has 1 rings (SSSR count). The summed E-state index contributed by atoms with van der Waals surface area (Å²) >= 11 is 5.45. The molecule has 0 fully saturated rings. The van der Waals surface area contributed by atoms with E-state index in [9.17, 15) is 9.90 Å². The van der Waals surface area contributed by atoms with Gasteiger partial charge in [0.1, 0.15) is 18.5 Å². The highest BCUT2D eigenvalue weighted by atomic mass is 35.5. The Morgan fingerprint density at radius 2 is 2.06 bits per heavy atom. The van der Waals surface area contributed by atoms with Crippen LogP contribution < -0.4 is 4.74 Å². The van der Waals surface area contributed by atoms with Gasteiger partial charge in [0.05, 0.1) is 13.0 Å². The first-order chi connectivity index (χ1) is 8.65. The zero-order valence-electron chi connectivity index (χ0n) is 10.3. The average molecular weight is 273 g/mol. The van der Waals surface area contributed by atoms with E-state index in [2.05, 4.69) is 4.74 Å². The standard InChI is InChI=1S/C13H17ClO4/c1-17-13(16)7-4-10-2-5-12(6-3-10)18-9-11(15)8-14/h2-3,5-6,11,15H,4,7-9H2,1H3/t11-/m0/s1. The molecule has 0 aliphatic heterocycles. The maximum Gasteiger partial charge on any atom is 0.305 e. The summed E-state index contributed by atoms with van der Waals surface area (Å²) in [5, 5.41) is 9.24. The number of carbonyl (C=O) groups is 1. The van der Waals surface area contributed by atoms with E-state index in [4.69, 9.17) is 16.3 Å². The molecule has 5 heteroatoms. The molecule has 0 aromatic heterocycles. The number of aliphatic hydroxyl groups is 1. The van der Waals surface area contributed by atoms with Crippen molar-refractivity contribution in [1.82, 2.24) is 0 Å². The van der Waals surface area contributed by atoms with Gasteiger partial charge in [-0.25, -0.2) is 0 Å². The summed E-state index contributed by atoms with van der Waals surface area (Å²) in [6.07, 6.45) is 0.338. The third-order valence-electron chi connectivity index (χ3n) is 2.39. The molecule has 0 aliphatic rings. The van der Waals surface area contributed by atoms with Gasteiger partial charge in [-0.3, -0.25) is 4.79 Å². The Morgan fingerprint density at radius 3 is 2.61 bits per heavy atom. The number of rotatable bonds is 7. The molecule has 1 aromatic carbocycles. The van der Waals surface area contributed by atoms with Crippen LogP contribution in [0.1, 0.15) is 12.0 Å². The maximum atomic E-state index is 11.0. The van der Waals surface area contributed by atoms with E-state index in [0.29, 0.717) is 18.6 Å². The highest BCUT2D eigenvalue weighted by Gasteiger charge is 2.04. The summed E-state index contributed by atoms with van der Waals surface area (Å²) in [4.78, 5) is 11.0. The van der Waals surface area contributed by atoms with Crippen LogP contribution in [0.2, 0.25) is 0 Å². The third-order valence-corrected chi connectivity index (χ3v) is 2.75. The average Bonchev–Trinajstić information content (AvgIpc) is 2.43. The fourth-order valence-corrected chi connectivity index (χ4v) is 1.43. The fraction of sp³-hybridized carbons (Fsp3) is 0.462. The lowest BCUT2D eigenvalue weighted by Gasteiger charge is -2.10. The Balaban J connectivity index is 2.40. The molecule has 0 spiro atoms. The number of ether oxygens (including phenoxy) is 2. The lowest BCUT2D eigenvalue weighted by atomic mass is 10.1. The Kier molecular flexibility index (Phi) is 6.54. The van der Waals surface area contributed by atoms with E-state index in [-0.39, 0.29) is 18.5 Å². The number of aryl methyl sites for hydroxylation is 1. The predicted octanol–water partition coefficient (Wildman–Crippen LogP) is 1.77. The highest BCUT2D eigenvalue weighted by Crippen LogP contribution is 2.14. The van der Waals surface area contributed by atoms with Gasteiger partial charge in [0.25, 0.3) is 0 Å². The second-order valence-electron chi connectivity index (χ2n) is 3.84. The van der Waals surface area contributed by atoms with E-state index < -0.39 is 6.10 Å². The van der Waals surface area contributed by atoms with Crippen LogP contribution in [0, 0.1) is 0 Å². The van der Waals surface area contributed by atoms with E-state index in [1.54, 1.807) is 12.1 Å². The van der Waals surface area contributed by atoms with Gasteiger partial charge in [0.2, 0.25) is 0 Å². The van der Waals surface area contributed by atoms with Crippen LogP contribution in [-0.2, 0) is 16.0 Å². The van der Waals surface area contributed by atoms with Crippen molar-refractivity contribution in [3.05, 3.63) is 29.8 Å². The largest absolute Gasteiger partial charge is 0.491 e. The molecule has 0 radical (unpaired) electrons. The number of methoxy groups -OCH3 is 1. The summed E-state index contributed by atoms with van der Waals surface area (Å²) in [5.41, 5.74) is 1.03. The Bertz CT molecular complexity index is 364. The van der Waals surface area contributed by atoms with Gasteiger partial charge < -0.3 is 14.6 Å². The molecular weight excluding hydrogens is 256 g/mol. The topological polar surface area (TPSA) is 55.8 Å². The summed E-state index contributed by atoms with van der Waals surface area (Å²) in [6.45, 7) is 0.172. The van der Waals surface area contributed by atoms with Crippen LogP contribution in [0.4, 0.5) is 0 Å². The van der Waals surface area contributed by atoms with E-state index >= 15 is 0 Å². The zero-order chi connectivity index (χ0) is 13.4. The molecule has 0 saturated carbocycles. The molecule has 0 amide bonds. The number of alkyl halides is 1. The molecule has 4 nitrogen and oxygen atoms in total. The van der Waals surface area contributed by atoms with E-state index in [1.807, 2.05) is 12.1 Å². The van der Waals surface area contributed by atoms with Crippen molar-refractivity contribution in [2.45, 2.75) is 18.9 Å². The molecule has 0 unspecified atom stereocenters. The van der Waals surface area contributed by atoms with Crippen molar-refractivity contribution in [3.8, 4) is 5.75 Å². The minimum Gasteiger partial charge on any atom is -0.491 e. The van der Waals surface area contributed by atoms with Gasteiger partial charge in [0.15, 0.2) is 0 Å². The van der Waals surface area contributed by atoms with Crippen molar-refractivity contribution in [2.24, 2.45) is 0 Å². The fourth-order valence-electron chi connectivity index (χ4n) is 1.34. The minimum absolute atomic E-state index is 0.150. The maximum absolute atomic E-state index is 11.0. The van der Waals surface area contributed by atoms with Crippen molar-refractivity contribution in [2.75, 3.05) is 19.6 Å². The summed E-state index contributed by atoms with van der Waals surface area (Å²) < 4.78 is 9.90. The van der Waals surface area contributed by atoms with Gasteiger partial charge in [-0.1, -0.05) is 12.1 Å². The molecule has 18 heavy (non-hydrogen) atoms.